The van der Waals surface area contributed by atoms with Crippen molar-refractivity contribution in [2.45, 2.75) is 25.3 Å². The number of carbonyl (C=O) groups is 1. The molecule has 5 rings (SSSR count). The van der Waals surface area contributed by atoms with Gasteiger partial charge in [0.05, 0.1) is 11.6 Å². The molecule has 1 saturated heterocycles. The van der Waals surface area contributed by atoms with Gasteiger partial charge in [-0.3, -0.25) is 9.36 Å². The van der Waals surface area contributed by atoms with Crippen molar-refractivity contribution in [3.63, 3.8) is 0 Å². The van der Waals surface area contributed by atoms with Crippen LogP contribution >= 0.6 is 0 Å². The topological polar surface area (TPSA) is 99.7 Å². The predicted octanol–water partition coefficient (Wildman–Crippen LogP) is 1.60. The largest absolute Gasteiger partial charge is 0.346 e. The second kappa shape index (κ2) is 5.55. The molecule has 2 aliphatic rings. The van der Waals surface area contributed by atoms with Gasteiger partial charge in [0.25, 0.3) is 5.91 Å². The Morgan fingerprint density at radius 1 is 1.27 bits per heavy atom. The maximum atomic E-state index is 13.4. The summed E-state index contributed by atoms with van der Waals surface area (Å²) in [4.78, 5) is 34.5. The molecular weight excluding hydrogens is 332 g/mol. The van der Waals surface area contributed by atoms with E-state index in [-0.39, 0.29) is 17.6 Å². The molecule has 3 aromatic rings. The molecule has 1 amide bonds. The van der Waals surface area contributed by atoms with E-state index in [2.05, 4.69) is 20.2 Å². The van der Waals surface area contributed by atoms with Gasteiger partial charge in [-0.25, -0.2) is 14.9 Å². The van der Waals surface area contributed by atoms with Crippen molar-refractivity contribution in [2.75, 3.05) is 6.54 Å². The third kappa shape index (κ3) is 2.21. The summed E-state index contributed by atoms with van der Waals surface area (Å²) in [6, 6.07) is 3.48. The lowest BCUT2D eigenvalue weighted by Gasteiger charge is -2.27. The molecular formula is C18H20N6O2. The maximum absolute atomic E-state index is 13.4. The van der Waals surface area contributed by atoms with Crippen LogP contribution in [-0.4, -0.2) is 42.1 Å². The van der Waals surface area contributed by atoms with Crippen molar-refractivity contribution < 1.29 is 4.79 Å². The highest BCUT2D eigenvalue weighted by Crippen LogP contribution is 2.50. The van der Waals surface area contributed by atoms with E-state index < -0.39 is 0 Å². The quantitative estimate of drug-likeness (QED) is 0.748. The molecule has 8 nitrogen and oxygen atoms in total. The smallest absolute Gasteiger partial charge is 0.343 e. The first-order valence-corrected chi connectivity index (χ1v) is 8.99. The maximum Gasteiger partial charge on any atom is 0.343 e. The van der Waals surface area contributed by atoms with Crippen molar-refractivity contribution in [3.8, 4) is 0 Å². The summed E-state index contributed by atoms with van der Waals surface area (Å²) in [6.07, 6.45) is 6.78. The summed E-state index contributed by atoms with van der Waals surface area (Å²) in [6.45, 7) is 0.681. The lowest BCUT2D eigenvalue weighted by atomic mass is 9.94. The number of likely N-dealkylation sites (tertiary alicyclic amines) is 1. The van der Waals surface area contributed by atoms with Crippen LogP contribution in [-0.2, 0) is 7.05 Å². The summed E-state index contributed by atoms with van der Waals surface area (Å²) in [5, 5.41) is 7.59. The van der Waals surface area contributed by atoms with Crippen LogP contribution in [0.3, 0.4) is 0 Å². The third-order valence-corrected chi connectivity index (χ3v) is 5.80. The first kappa shape index (κ1) is 15.4. The Labute approximate surface area is 149 Å². The molecule has 1 saturated carbocycles. The first-order valence-electron chi connectivity index (χ1n) is 8.99. The number of carbonyl (C=O) groups excluding carboxylic acids is 1. The van der Waals surface area contributed by atoms with Crippen LogP contribution in [0.2, 0.25) is 0 Å². The number of aromatic amines is 2. The molecule has 0 aromatic carbocycles. The predicted molar refractivity (Wildman–Crippen MR) is 94.5 cm³/mol. The van der Waals surface area contributed by atoms with Crippen LogP contribution in [0.4, 0.5) is 0 Å². The molecule has 1 aliphatic carbocycles. The average Bonchev–Trinajstić information content (AvgIpc) is 3.07. The summed E-state index contributed by atoms with van der Waals surface area (Å²) in [5.41, 5.74) is 1.10. The number of hydrogen-bond donors (Lipinski definition) is 2. The molecule has 8 heteroatoms. The van der Waals surface area contributed by atoms with Crippen LogP contribution in [0.15, 0.2) is 29.3 Å². The van der Waals surface area contributed by atoms with Crippen LogP contribution in [0, 0.1) is 11.8 Å². The fraction of sp³-hybridized carbons (Fsp3) is 0.444. The Kier molecular flexibility index (Phi) is 3.28. The van der Waals surface area contributed by atoms with E-state index in [0.717, 1.165) is 11.8 Å². The van der Waals surface area contributed by atoms with E-state index in [9.17, 15) is 9.59 Å². The summed E-state index contributed by atoms with van der Waals surface area (Å²) < 4.78 is 1.53. The van der Waals surface area contributed by atoms with Gasteiger partial charge in [0.15, 0.2) is 5.82 Å². The Morgan fingerprint density at radius 2 is 2.12 bits per heavy atom. The summed E-state index contributed by atoms with van der Waals surface area (Å²) >= 11 is 0. The molecule has 2 atom stereocenters. The van der Waals surface area contributed by atoms with Gasteiger partial charge in [0.2, 0.25) is 0 Å². The van der Waals surface area contributed by atoms with Crippen molar-refractivity contribution in [1.82, 2.24) is 29.6 Å². The molecule has 2 unspecified atom stereocenters. The summed E-state index contributed by atoms with van der Waals surface area (Å²) in [7, 11) is 1.71. The lowest BCUT2D eigenvalue weighted by Crippen LogP contribution is -2.34. The van der Waals surface area contributed by atoms with E-state index in [1.807, 2.05) is 11.0 Å². The highest BCUT2D eigenvalue weighted by molar-refractivity contribution is 6.05. The number of pyridine rings is 1. The van der Waals surface area contributed by atoms with Gasteiger partial charge in [-0.1, -0.05) is 0 Å². The van der Waals surface area contributed by atoms with Gasteiger partial charge in [-0.2, -0.15) is 5.10 Å². The van der Waals surface area contributed by atoms with Gasteiger partial charge in [-0.05, 0) is 43.2 Å². The van der Waals surface area contributed by atoms with Gasteiger partial charge in [0.1, 0.15) is 5.65 Å². The highest BCUT2D eigenvalue weighted by Gasteiger charge is 2.47. The van der Waals surface area contributed by atoms with Crippen LogP contribution in [0.25, 0.3) is 11.0 Å². The molecule has 2 fully saturated rings. The Bertz CT molecular complexity index is 1040. The van der Waals surface area contributed by atoms with E-state index in [0.29, 0.717) is 35.4 Å². The van der Waals surface area contributed by atoms with E-state index in [1.165, 1.54) is 17.4 Å². The number of nitrogens with one attached hydrogen (secondary N) is 2. The molecule has 3 aromatic heterocycles. The SMILES string of the molecule is Cn1c(C2C(C3CC3)CCN2C(=O)c2ccnc3[nH]ccc23)n[nH]c1=O. The highest BCUT2D eigenvalue weighted by atomic mass is 16.2. The second-order valence-electron chi connectivity index (χ2n) is 7.28. The van der Waals surface area contributed by atoms with Gasteiger partial charge >= 0.3 is 5.69 Å². The molecule has 2 N–H and O–H groups in total. The fourth-order valence-corrected chi connectivity index (χ4v) is 4.32. The molecule has 134 valence electrons. The number of nitrogens with zero attached hydrogens (tertiary/aromatic N) is 4. The zero-order valence-electron chi connectivity index (χ0n) is 14.5. The minimum absolute atomic E-state index is 0.0272. The standard InChI is InChI=1S/C18H20N6O2/c1-23-16(21-22-18(23)26)14-11(10-2-3-10)6-9-24(14)17(25)13-5-8-20-15-12(13)4-7-19-15/h4-5,7-8,10-11,14H,2-3,6,9H2,1H3,(H,19,20)(H,22,26). The number of amides is 1. The van der Waals surface area contributed by atoms with Gasteiger partial charge in [-0.15, -0.1) is 0 Å². The van der Waals surface area contributed by atoms with Crippen molar-refractivity contribution in [3.05, 3.63) is 46.4 Å². The normalized spacial score (nSPS) is 23.0. The number of rotatable bonds is 3. The number of fused-ring (bicyclic) bond motifs is 1. The molecule has 0 bridgehead atoms. The Balaban J connectivity index is 1.58. The second-order valence-corrected chi connectivity index (χ2v) is 7.28. The van der Waals surface area contributed by atoms with Gasteiger partial charge < -0.3 is 9.88 Å². The van der Waals surface area contributed by atoms with Crippen molar-refractivity contribution >= 4 is 16.9 Å². The Morgan fingerprint density at radius 3 is 2.85 bits per heavy atom. The third-order valence-electron chi connectivity index (χ3n) is 5.80. The number of H-pyrrole nitrogens is 2. The van der Waals surface area contributed by atoms with E-state index in [4.69, 9.17) is 0 Å². The minimum Gasteiger partial charge on any atom is -0.346 e. The van der Waals surface area contributed by atoms with Crippen molar-refractivity contribution in [2.24, 2.45) is 18.9 Å². The monoisotopic (exact) mass is 352 g/mol. The zero-order valence-corrected chi connectivity index (χ0v) is 14.5. The van der Waals surface area contributed by atoms with Crippen LogP contribution in [0.5, 0.6) is 0 Å². The zero-order chi connectivity index (χ0) is 17.8. The van der Waals surface area contributed by atoms with Gasteiger partial charge in [0, 0.05) is 31.4 Å². The lowest BCUT2D eigenvalue weighted by molar-refractivity contribution is 0.0703. The van der Waals surface area contributed by atoms with E-state index >= 15 is 0 Å². The van der Waals surface area contributed by atoms with Crippen LogP contribution in [0.1, 0.15) is 41.5 Å². The summed E-state index contributed by atoms with van der Waals surface area (Å²) in [5.74, 6) is 1.60. The Hall–Kier alpha value is -2.90. The van der Waals surface area contributed by atoms with Crippen molar-refractivity contribution in [1.29, 1.82) is 0 Å². The number of hydrogen-bond acceptors (Lipinski definition) is 4. The molecule has 0 radical (unpaired) electrons. The molecule has 1 aliphatic heterocycles. The number of aromatic nitrogens is 5. The fourth-order valence-electron chi connectivity index (χ4n) is 4.32. The minimum atomic E-state index is -0.245. The molecule has 26 heavy (non-hydrogen) atoms. The van der Waals surface area contributed by atoms with Crippen LogP contribution < -0.4 is 5.69 Å². The first-order chi connectivity index (χ1) is 12.6. The van der Waals surface area contributed by atoms with E-state index in [1.54, 1.807) is 25.5 Å². The molecule has 4 heterocycles. The average molecular weight is 352 g/mol. The molecule has 0 spiro atoms.